The Bertz CT molecular complexity index is 1200. The van der Waals surface area contributed by atoms with Gasteiger partial charge in [0.1, 0.15) is 24.8 Å². The summed E-state index contributed by atoms with van der Waals surface area (Å²) in [5.41, 5.74) is 1.41. The summed E-state index contributed by atoms with van der Waals surface area (Å²) < 4.78 is 7.61. The maximum absolute atomic E-state index is 12.8. The van der Waals surface area contributed by atoms with Gasteiger partial charge in [0.25, 0.3) is 0 Å². The topological polar surface area (TPSA) is 115 Å². The molecule has 0 bridgehead atoms. The second kappa shape index (κ2) is 6.46. The predicted octanol–water partition coefficient (Wildman–Crippen LogP) is 0.691. The van der Waals surface area contributed by atoms with Crippen molar-refractivity contribution in [2.75, 3.05) is 18.0 Å². The average Bonchev–Trinajstić information content (AvgIpc) is 3.34. The molecular formula is C17H16N8O2S. The number of nitrogens with zero attached hydrogens (tertiary/aromatic N) is 8. The van der Waals surface area contributed by atoms with E-state index < -0.39 is 0 Å². The van der Waals surface area contributed by atoms with Gasteiger partial charge in [0, 0.05) is 36.4 Å². The average molecular weight is 396 g/mol. The molecule has 0 saturated carbocycles. The second-order valence-electron chi connectivity index (χ2n) is 6.67. The molecular weight excluding hydrogens is 380 g/mol. The fourth-order valence-corrected chi connectivity index (χ4v) is 3.95. The molecule has 0 radical (unpaired) electrons. The number of fused-ring (bicyclic) bond motifs is 1. The highest BCUT2D eigenvalue weighted by atomic mass is 32.1. The smallest absolute Gasteiger partial charge is 0.214 e. The van der Waals surface area contributed by atoms with Crippen LogP contribution in [0, 0.1) is 6.92 Å². The number of aromatic nitrogens is 7. The molecule has 5 rings (SSSR count). The van der Waals surface area contributed by atoms with Gasteiger partial charge in [-0.3, -0.25) is 9.36 Å². The van der Waals surface area contributed by atoms with Crippen LogP contribution < -0.4 is 10.3 Å². The molecule has 0 aromatic carbocycles. The summed E-state index contributed by atoms with van der Waals surface area (Å²) in [6.07, 6.45) is 6.29. The highest BCUT2D eigenvalue weighted by molar-refractivity contribution is 7.08. The fourth-order valence-electron chi connectivity index (χ4n) is 3.44. The molecule has 11 heteroatoms. The van der Waals surface area contributed by atoms with E-state index in [4.69, 9.17) is 4.98 Å². The van der Waals surface area contributed by atoms with Crippen molar-refractivity contribution in [2.24, 2.45) is 0 Å². The van der Waals surface area contributed by atoms with Crippen LogP contribution >= 0.6 is 11.5 Å². The van der Waals surface area contributed by atoms with Crippen LogP contribution in [0.1, 0.15) is 17.2 Å². The molecule has 1 saturated heterocycles. The van der Waals surface area contributed by atoms with Gasteiger partial charge in [0.2, 0.25) is 5.13 Å². The third-order valence-corrected chi connectivity index (χ3v) is 5.60. The van der Waals surface area contributed by atoms with Crippen molar-refractivity contribution in [1.29, 1.82) is 0 Å². The van der Waals surface area contributed by atoms with Crippen LogP contribution in [0.3, 0.4) is 0 Å². The first-order chi connectivity index (χ1) is 13.7. The van der Waals surface area contributed by atoms with Gasteiger partial charge in [-0.1, -0.05) is 0 Å². The summed E-state index contributed by atoms with van der Waals surface area (Å²) in [7, 11) is 0. The van der Waals surface area contributed by atoms with Gasteiger partial charge in [-0.2, -0.15) is 9.47 Å². The quantitative estimate of drug-likeness (QED) is 0.536. The Labute approximate surface area is 162 Å². The second-order valence-corrected chi connectivity index (χ2v) is 7.42. The first-order valence-electron chi connectivity index (χ1n) is 8.68. The van der Waals surface area contributed by atoms with E-state index in [1.807, 2.05) is 17.7 Å². The van der Waals surface area contributed by atoms with Crippen LogP contribution in [0.2, 0.25) is 0 Å². The molecule has 4 aromatic rings. The lowest BCUT2D eigenvalue weighted by atomic mass is 10.1. The van der Waals surface area contributed by atoms with Crippen LogP contribution in [0.15, 0.2) is 36.0 Å². The predicted molar refractivity (Wildman–Crippen MR) is 103 cm³/mol. The third-order valence-electron chi connectivity index (χ3n) is 4.94. The van der Waals surface area contributed by atoms with Gasteiger partial charge >= 0.3 is 0 Å². The van der Waals surface area contributed by atoms with Crippen molar-refractivity contribution in [2.45, 2.75) is 19.6 Å². The van der Waals surface area contributed by atoms with Crippen LogP contribution in [0.25, 0.3) is 16.2 Å². The highest BCUT2D eigenvalue weighted by Crippen LogP contribution is 2.29. The van der Waals surface area contributed by atoms with E-state index in [9.17, 15) is 9.90 Å². The molecule has 1 aliphatic rings. The number of aryl methyl sites for hydroxylation is 1. The Morgan fingerprint density at radius 2 is 2.18 bits per heavy atom. The van der Waals surface area contributed by atoms with Gasteiger partial charge in [0.05, 0.1) is 18.0 Å². The molecule has 1 N–H and O–H groups in total. The summed E-state index contributed by atoms with van der Waals surface area (Å²) >= 11 is 1.20. The monoisotopic (exact) mass is 396 g/mol. The minimum absolute atomic E-state index is 0.209. The standard InChI is InChI=1S/C17H16N8O2S/c1-10-2-13(23-4-12(5-23)25-9-18-7-20-25)22-16-14(10)15(27)11(6-26)3-24(16)17-19-8-21-28-17/h2-3,7-9,12,26H,4-6H2,1H3. The molecule has 1 aliphatic heterocycles. The van der Waals surface area contributed by atoms with E-state index in [2.05, 4.69) is 24.3 Å². The number of aliphatic hydroxyl groups excluding tert-OH is 1. The van der Waals surface area contributed by atoms with Crippen LogP contribution in [0.5, 0.6) is 0 Å². The summed E-state index contributed by atoms with van der Waals surface area (Å²) in [5.74, 6) is 0.788. The number of anilines is 1. The fraction of sp³-hybridized carbons (Fsp3) is 0.294. The van der Waals surface area contributed by atoms with Gasteiger partial charge in [-0.25, -0.2) is 19.6 Å². The molecule has 28 heavy (non-hydrogen) atoms. The van der Waals surface area contributed by atoms with Crippen molar-refractivity contribution in [3.05, 3.63) is 52.6 Å². The Balaban J connectivity index is 1.62. The van der Waals surface area contributed by atoms with Crippen molar-refractivity contribution in [3.8, 4) is 5.13 Å². The Kier molecular flexibility index (Phi) is 3.91. The van der Waals surface area contributed by atoms with Gasteiger partial charge in [-0.15, -0.1) is 0 Å². The number of aliphatic hydroxyl groups is 1. The zero-order valence-corrected chi connectivity index (χ0v) is 15.7. The molecule has 1 fully saturated rings. The molecule has 4 aromatic heterocycles. The van der Waals surface area contributed by atoms with E-state index in [-0.39, 0.29) is 18.1 Å². The van der Waals surface area contributed by atoms with Crippen LogP contribution in [0.4, 0.5) is 5.82 Å². The molecule has 0 amide bonds. The van der Waals surface area contributed by atoms with Gasteiger partial charge in [-0.05, 0) is 18.6 Å². The van der Waals surface area contributed by atoms with Crippen molar-refractivity contribution in [1.82, 2.24) is 33.7 Å². The zero-order chi connectivity index (χ0) is 19.3. The van der Waals surface area contributed by atoms with Crippen molar-refractivity contribution in [3.63, 3.8) is 0 Å². The molecule has 0 spiro atoms. The van der Waals surface area contributed by atoms with E-state index in [1.165, 1.54) is 24.2 Å². The number of rotatable bonds is 4. The molecule has 10 nitrogen and oxygen atoms in total. The number of hydrogen-bond acceptors (Lipinski definition) is 9. The van der Waals surface area contributed by atoms with E-state index >= 15 is 0 Å². The lowest BCUT2D eigenvalue weighted by Crippen LogP contribution is -2.48. The van der Waals surface area contributed by atoms with Gasteiger partial charge in [0.15, 0.2) is 11.1 Å². The van der Waals surface area contributed by atoms with E-state index in [1.54, 1.807) is 17.1 Å². The number of pyridine rings is 2. The summed E-state index contributed by atoms with van der Waals surface area (Å²) in [4.78, 5) is 27.9. The third kappa shape index (κ3) is 2.59. The summed E-state index contributed by atoms with van der Waals surface area (Å²) in [6, 6.07) is 2.16. The largest absolute Gasteiger partial charge is 0.391 e. The SMILES string of the molecule is Cc1cc(N2CC(n3cncn3)C2)nc2c1c(=O)c(CO)cn2-c1ncns1. The molecule has 0 unspecified atom stereocenters. The molecule has 0 aliphatic carbocycles. The minimum atomic E-state index is -0.347. The Hall–Kier alpha value is -3.18. The van der Waals surface area contributed by atoms with Crippen molar-refractivity contribution >= 4 is 28.4 Å². The summed E-state index contributed by atoms with van der Waals surface area (Å²) in [6.45, 7) is 3.06. The maximum atomic E-state index is 12.8. The van der Waals surface area contributed by atoms with Crippen LogP contribution in [-0.4, -0.2) is 51.9 Å². The zero-order valence-electron chi connectivity index (χ0n) is 14.9. The van der Waals surface area contributed by atoms with E-state index in [0.717, 1.165) is 24.5 Å². The Morgan fingerprint density at radius 1 is 1.32 bits per heavy atom. The molecule has 0 atom stereocenters. The minimum Gasteiger partial charge on any atom is -0.391 e. The van der Waals surface area contributed by atoms with Crippen LogP contribution in [-0.2, 0) is 6.61 Å². The lowest BCUT2D eigenvalue weighted by Gasteiger charge is -2.40. The van der Waals surface area contributed by atoms with E-state index in [0.29, 0.717) is 21.7 Å². The maximum Gasteiger partial charge on any atom is 0.214 e. The lowest BCUT2D eigenvalue weighted by molar-refractivity contribution is 0.280. The van der Waals surface area contributed by atoms with Gasteiger partial charge < -0.3 is 10.0 Å². The first-order valence-corrected chi connectivity index (χ1v) is 9.46. The number of hydrogen-bond donors (Lipinski definition) is 1. The normalized spacial score (nSPS) is 14.6. The van der Waals surface area contributed by atoms with Crippen molar-refractivity contribution < 1.29 is 5.11 Å². The first kappa shape index (κ1) is 17.0. The summed E-state index contributed by atoms with van der Waals surface area (Å²) in [5, 5.41) is 14.9. The Morgan fingerprint density at radius 3 is 2.86 bits per heavy atom. The highest BCUT2D eigenvalue weighted by Gasteiger charge is 2.30. The molecule has 5 heterocycles. The molecule has 142 valence electrons.